The summed E-state index contributed by atoms with van der Waals surface area (Å²) in [6.07, 6.45) is 1.30. The number of halogens is 1. The Hall–Kier alpha value is -1.13. The van der Waals surface area contributed by atoms with Crippen molar-refractivity contribution in [3.8, 4) is 0 Å². The SMILES string of the molecule is CCC(CC)N(CCOC)c1ccc(F)cc1[C@H](C)O. The van der Waals surface area contributed by atoms with Gasteiger partial charge in [-0.1, -0.05) is 13.8 Å². The fourth-order valence-corrected chi connectivity index (χ4v) is 2.54. The molecule has 0 heterocycles. The number of hydrogen-bond acceptors (Lipinski definition) is 3. The van der Waals surface area contributed by atoms with Gasteiger partial charge in [0, 0.05) is 30.9 Å². The van der Waals surface area contributed by atoms with Crippen molar-refractivity contribution in [1.29, 1.82) is 0 Å². The Labute approximate surface area is 121 Å². The van der Waals surface area contributed by atoms with Crippen LogP contribution in [0.15, 0.2) is 18.2 Å². The van der Waals surface area contributed by atoms with Crippen LogP contribution in [0.3, 0.4) is 0 Å². The number of benzene rings is 1. The van der Waals surface area contributed by atoms with Crippen LogP contribution in [0.2, 0.25) is 0 Å². The van der Waals surface area contributed by atoms with Crippen molar-refractivity contribution < 1.29 is 14.2 Å². The Morgan fingerprint density at radius 2 is 1.95 bits per heavy atom. The zero-order valence-corrected chi connectivity index (χ0v) is 12.9. The van der Waals surface area contributed by atoms with Gasteiger partial charge in [-0.15, -0.1) is 0 Å². The van der Waals surface area contributed by atoms with Crippen LogP contribution in [0.1, 0.15) is 45.3 Å². The smallest absolute Gasteiger partial charge is 0.123 e. The average Bonchev–Trinajstić information content (AvgIpc) is 2.43. The van der Waals surface area contributed by atoms with Crippen LogP contribution in [0, 0.1) is 5.82 Å². The predicted molar refractivity (Wildman–Crippen MR) is 80.6 cm³/mol. The van der Waals surface area contributed by atoms with E-state index in [1.807, 2.05) is 0 Å². The molecule has 0 aliphatic heterocycles. The van der Waals surface area contributed by atoms with Gasteiger partial charge in [-0.2, -0.15) is 0 Å². The van der Waals surface area contributed by atoms with Crippen molar-refractivity contribution in [1.82, 2.24) is 0 Å². The number of hydrogen-bond donors (Lipinski definition) is 1. The van der Waals surface area contributed by atoms with Gasteiger partial charge in [0.1, 0.15) is 5.82 Å². The first-order valence-electron chi connectivity index (χ1n) is 7.28. The summed E-state index contributed by atoms with van der Waals surface area (Å²) >= 11 is 0. The Bertz CT molecular complexity index is 405. The van der Waals surface area contributed by atoms with Crippen molar-refractivity contribution in [2.75, 3.05) is 25.2 Å². The number of aliphatic hydroxyl groups excluding tert-OH is 1. The first-order valence-corrected chi connectivity index (χ1v) is 7.28. The molecule has 1 N–H and O–H groups in total. The van der Waals surface area contributed by atoms with E-state index in [-0.39, 0.29) is 5.82 Å². The van der Waals surface area contributed by atoms with Crippen LogP contribution in [0.5, 0.6) is 0 Å². The van der Waals surface area contributed by atoms with E-state index in [0.29, 0.717) is 18.2 Å². The van der Waals surface area contributed by atoms with Crippen LogP contribution >= 0.6 is 0 Å². The fraction of sp³-hybridized carbons (Fsp3) is 0.625. The van der Waals surface area contributed by atoms with Gasteiger partial charge in [0.2, 0.25) is 0 Å². The molecule has 1 rings (SSSR count). The number of aliphatic hydroxyl groups is 1. The third-order valence-electron chi connectivity index (χ3n) is 3.67. The average molecular weight is 283 g/mol. The molecule has 114 valence electrons. The molecule has 0 aliphatic rings. The summed E-state index contributed by atoms with van der Waals surface area (Å²) in [5.74, 6) is -0.319. The zero-order chi connectivity index (χ0) is 15.1. The highest BCUT2D eigenvalue weighted by atomic mass is 19.1. The van der Waals surface area contributed by atoms with E-state index in [2.05, 4.69) is 18.7 Å². The number of methoxy groups -OCH3 is 1. The lowest BCUT2D eigenvalue weighted by molar-refractivity contribution is 0.195. The van der Waals surface area contributed by atoms with Gasteiger partial charge in [-0.05, 0) is 38.0 Å². The van der Waals surface area contributed by atoms with E-state index in [9.17, 15) is 9.50 Å². The molecule has 0 unspecified atom stereocenters. The van der Waals surface area contributed by atoms with E-state index < -0.39 is 6.10 Å². The van der Waals surface area contributed by atoms with E-state index in [1.54, 1.807) is 20.1 Å². The van der Waals surface area contributed by atoms with Crippen molar-refractivity contribution in [3.63, 3.8) is 0 Å². The Kier molecular flexibility index (Phi) is 6.96. The Balaban J connectivity index is 3.17. The van der Waals surface area contributed by atoms with Crippen molar-refractivity contribution in [2.45, 2.75) is 45.8 Å². The second kappa shape index (κ2) is 8.22. The summed E-state index contributed by atoms with van der Waals surface area (Å²) in [5, 5.41) is 9.91. The molecular formula is C16H26FNO2. The van der Waals surface area contributed by atoms with Crippen LogP contribution < -0.4 is 4.90 Å². The molecule has 20 heavy (non-hydrogen) atoms. The molecule has 0 saturated heterocycles. The van der Waals surface area contributed by atoms with Gasteiger partial charge < -0.3 is 14.7 Å². The molecule has 0 spiro atoms. The second-order valence-corrected chi connectivity index (χ2v) is 5.04. The third kappa shape index (κ3) is 4.18. The molecule has 1 aromatic carbocycles. The van der Waals surface area contributed by atoms with Crippen LogP contribution in [-0.4, -0.2) is 31.4 Å². The van der Waals surface area contributed by atoms with Crippen molar-refractivity contribution in [3.05, 3.63) is 29.6 Å². The summed E-state index contributed by atoms with van der Waals surface area (Å²) in [4.78, 5) is 2.21. The molecule has 0 amide bonds. The fourth-order valence-electron chi connectivity index (χ4n) is 2.54. The maximum atomic E-state index is 13.4. The first-order chi connectivity index (χ1) is 9.54. The van der Waals surface area contributed by atoms with Crippen LogP contribution in [-0.2, 0) is 4.74 Å². The highest BCUT2D eigenvalue weighted by Gasteiger charge is 2.20. The van der Waals surface area contributed by atoms with Crippen LogP contribution in [0.25, 0.3) is 0 Å². The van der Waals surface area contributed by atoms with E-state index >= 15 is 0 Å². The molecule has 0 fully saturated rings. The monoisotopic (exact) mass is 283 g/mol. The molecule has 1 atom stereocenters. The Morgan fingerprint density at radius 3 is 2.45 bits per heavy atom. The van der Waals surface area contributed by atoms with Gasteiger partial charge in [0.25, 0.3) is 0 Å². The first kappa shape index (κ1) is 16.9. The lowest BCUT2D eigenvalue weighted by Gasteiger charge is -2.34. The molecule has 0 saturated carbocycles. The van der Waals surface area contributed by atoms with Gasteiger partial charge in [0.15, 0.2) is 0 Å². The number of ether oxygens (including phenoxy) is 1. The minimum atomic E-state index is -0.694. The van der Waals surface area contributed by atoms with Gasteiger partial charge >= 0.3 is 0 Å². The molecular weight excluding hydrogens is 257 g/mol. The lowest BCUT2D eigenvalue weighted by atomic mass is 10.0. The topological polar surface area (TPSA) is 32.7 Å². The quantitative estimate of drug-likeness (QED) is 0.792. The summed E-state index contributed by atoms with van der Waals surface area (Å²) in [7, 11) is 1.67. The summed E-state index contributed by atoms with van der Waals surface area (Å²) < 4.78 is 18.6. The predicted octanol–water partition coefficient (Wildman–Crippen LogP) is 3.52. The lowest BCUT2D eigenvalue weighted by Crippen LogP contribution is -2.38. The van der Waals surface area contributed by atoms with Gasteiger partial charge in [-0.3, -0.25) is 0 Å². The molecule has 1 aromatic rings. The molecule has 4 heteroatoms. The minimum absolute atomic E-state index is 0.319. The minimum Gasteiger partial charge on any atom is -0.389 e. The van der Waals surface area contributed by atoms with E-state index in [0.717, 1.165) is 25.1 Å². The summed E-state index contributed by atoms with van der Waals surface area (Å²) in [6.45, 7) is 7.28. The highest BCUT2D eigenvalue weighted by Crippen LogP contribution is 2.30. The van der Waals surface area contributed by atoms with Gasteiger partial charge in [-0.25, -0.2) is 4.39 Å². The normalized spacial score (nSPS) is 12.8. The number of rotatable bonds is 8. The second-order valence-electron chi connectivity index (χ2n) is 5.04. The van der Waals surface area contributed by atoms with Crippen LogP contribution in [0.4, 0.5) is 10.1 Å². The van der Waals surface area contributed by atoms with Crippen molar-refractivity contribution in [2.24, 2.45) is 0 Å². The standard InChI is InChI=1S/C16H26FNO2/c1-5-14(6-2)18(9-10-20-4)16-8-7-13(17)11-15(16)12(3)19/h7-8,11-12,14,19H,5-6,9-10H2,1-4H3/t12-/m0/s1. The van der Waals surface area contributed by atoms with E-state index in [4.69, 9.17) is 4.74 Å². The molecule has 0 radical (unpaired) electrons. The third-order valence-corrected chi connectivity index (χ3v) is 3.67. The number of nitrogens with zero attached hydrogens (tertiary/aromatic N) is 1. The zero-order valence-electron chi connectivity index (χ0n) is 12.9. The van der Waals surface area contributed by atoms with Crippen molar-refractivity contribution >= 4 is 5.69 Å². The van der Waals surface area contributed by atoms with E-state index in [1.165, 1.54) is 12.1 Å². The molecule has 3 nitrogen and oxygen atoms in total. The highest BCUT2D eigenvalue weighted by molar-refractivity contribution is 5.55. The maximum Gasteiger partial charge on any atom is 0.123 e. The summed E-state index contributed by atoms with van der Waals surface area (Å²) in [5.41, 5.74) is 1.53. The number of anilines is 1. The molecule has 0 aromatic heterocycles. The van der Waals surface area contributed by atoms with Gasteiger partial charge in [0.05, 0.1) is 12.7 Å². The Morgan fingerprint density at radius 1 is 1.30 bits per heavy atom. The molecule has 0 bridgehead atoms. The maximum absolute atomic E-state index is 13.4. The molecule has 0 aliphatic carbocycles. The summed E-state index contributed by atoms with van der Waals surface area (Å²) in [6, 6.07) is 4.98. The largest absolute Gasteiger partial charge is 0.389 e.